The second kappa shape index (κ2) is 5.05. The SMILES string of the molecule is CC(C)(C)OC(=O)N1C[C@@H](O)[C@H](C2CCCN2)C1. The number of nitrogens with one attached hydrogen (secondary N) is 1. The van der Waals surface area contributed by atoms with Gasteiger partial charge in [-0.25, -0.2) is 4.79 Å². The van der Waals surface area contributed by atoms with Crippen molar-refractivity contribution in [3.05, 3.63) is 0 Å². The third kappa shape index (κ3) is 3.14. The average molecular weight is 256 g/mol. The largest absolute Gasteiger partial charge is 0.444 e. The molecule has 1 unspecified atom stereocenters. The molecule has 18 heavy (non-hydrogen) atoms. The first kappa shape index (κ1) is 13.6. The highest BCUT2D eigenvalue weighted by atomic mass is 16.6. The highest BCUT2D eigenvalue weighted by molar-refractivity contribution is 5.68. The molecule has 0 spiro atoms. The molecule has 0 saturated carbocycles. The van der Waals surface area contributed by atoms with Crippen LogP contribution in [0.3, 0.4) is 0 Å². The normalized spacial score (nSPS) is 32.9. The number of ether oxygens (including phenoxy) is 1. The van der Waals surface area contributed by atoms with Gasteiger partial charge in [0.15, 0.2) is 0 Å². The Bertz CT molecular complexity index is 308. The van der Waals surface area contributed by atoms with Crippen LogP contribution in [0, 0.1) is 5.92 Å². The van der Waals surface area contributed by atoms with Crippen molar-refractivity contribution >= 4 is 6.09 Å². The first-order chi connectivity index (χ1) is 8.37. The molecule has 0 aromatic carbocycles. The quantitative estimate of drug-likeness (QED) is 0.734. The first-order valence-corrected chi connectivity index (χ1v) is 6.76. The lowest BCUT2D eigenvalue weighted by atomic mass is 9.95. The monoisotopic (exact) mass is 256 g/mol. The van der Waals surface area contributed by atoms with Crippen molar-refractivity contribution < 1.29 is 14.6 Å². The Kier molecular flexibility index (Phi) is 3.82. The Morgan fingerprint density at radius 2 is 2.11 bits per heavy atom. The number of carbonyl (C=O) groups excluding carboxylic acids is 1. The van der Waals surface area contributed by atoms with Gasteiger partial charge in [-0.15, -0.1) is 0 Å². The van der Waals surface area contributed by atoms with Crippen LogP contribution < -0.4 is 5.32 Å². The van der Waals surface area contributed by atoms with Gasteiger partial charge in [-0.05, 0) is 40.2 Å². The number of aliphatic hydroxyl groups excluding tert-OH is 1. The predicted molar refractivity (Wildman–Crippen MR) is 68.3 cm³/mol. The highest BCUT2D eigenvalue weighted by Crippen LogP contribution is 2.26. The van der Waals surface area contributed by atoms with E-state index in [-0.39, 0.29) is 12.0 Å². The molecule has 2 aliphatic heterocycles. The summed E-state index contributed by atoms with van der Waals surface area (Å²) in [5.41, 5.74) is -0.480. The van der Waals surface area contributed by atoms with Gasteiger partial charge in [0.1, 0.15) is 5.60 Å². The van der Waals surface area contributed by atoms with Gasteiger partial charge in [-0.3, -0.25) is 0 Å². The summed E-state index contributed by atoms with van der Waals surface area (Å²) in [6, 6.07) is 0.340. The van der Waals surface area contributed by atoms with Gasteiger partial charge in [-0.2, -0.15) is 0 Å². The standard InChI is InChI=1S/C13H24N2O3/c1-13(2,3)18-12(17)15-7-9(11(16)8-15)10-5-4-6-14-10/h9-11,14,16H,4-8H2,1-3H3/t9-,10?,11+/m0/s1. The molecule has 104 valence electrons. The third-order valence-corrected chi connectivity index (χ3v) is 3.60. The Morgan fingerprint density at radius 1 is 1.39 bits per heavy atom. The molecule has 5 heteroatoms. The predicted octanol–water partition coefficient (Wildman–Crippen LogP) is 0.966. The van der Waals surface area contributed by atoms with Crippen LogP contribution >= 0.6 is 0 Å². The Labute approximate surface area is 108 Å². The molecule has 2 N–H and O–H groups in total. The molecule has 2 fully saturated rings. The van der Waals surface area contributed by atoms with Crippen molar-refractivity contribution in [1.82, 2.24) is 10.2 Å². The zero-order valence-corrected chi connectivity index (χ0v) is 11.5. The minimum absolute atomic E-state index is 0.139. The van der Waals surface area contributed by atoms with Gasteiger partial charge in [-0.1, -0.05) is 0 Å². The third-order valence-electron chi connectivity index (χ3n) is 3.60. The van der Waals surface area contributed by atoms with E-state index in [1.165, 1.54) is 0 Å². The fourth-order valence-electron chi connectivity index (χ4n) is 2.76. The maximum absolute atomic E-state index is 11.9. The highest BCUT2D eigenvalue weighted by Gasteiger charge is 2.40. The van der Waals surface area contributed by atoms with Crippen molar-refractivity contribution in [2.45, 2.75) is 51.4 Å². The molecule has 0 aliphatic carbocycles. The molecule has 0 aromatic rings. The molecule has 1 amide bonds. The second-order valence-electron chi connectivity index (χ2n) is 6.32. The number of β-amino-alcohol motifs (C(OH)–C–C–N with tert-alkyl or cyclic N) is 1. The maximum atomic E-state index is 11.9. The molecular formula is C13H24N2O3. The van der Waals surface area contributed by atoms with E-state index < -0.39 is 11.7 Å². The molecule has 0 aromatic heterocycles. The maximum Gasteiger partial charge on any atom is 0.410 e. The summed E-state index contributed by atoms with van der Waals surface area (Å²) in [5, 5.41) is 13.5. The number of aliphatic hydroxyl groups is 1. The lowest BCUT2D eigenvalue weighted by Crippen LogP contribution is -2.38. The number of likely N-dealkylation sites (tertiary alicyclic amines) is 1. The number of hydrogen-bond acceptors (Lipinski definition) is 4. The molecule has 3 atom stereocenters. The number of amides is 1. The van der Waals surface area contributed by atoms with E-state index in [2.05, 4.69) is 5.32 Å². The molecule has 5 nitrogen and oxygen atoms in total. The smallest absolute Gasteiger partial charge is 0.410 e. The van der Waals surface area contributed by atoms with E-state index in [0.29, 0.717) is 19.1 Å². The minimum atomic E-state index is -0.480. The summed E-state index contributed by atoms with van der Waals surface area (Å²) in [7, 11) is 0. The second-order valence-corrected chi connectivity index (χ2v) is 6.32. The lowest BCUT2D eigenvalue weighted by molar-refractivity contribution is 0.0269. The van der Waals surface area contributed by atoms with Crippen LogP contribution in [0.4, 0.5) is 4.79 Å². The zero-order valence-electron chi connectivity index (χ0n) is 11.5. The van der Waals surface area contributed by atoms with Gasteiger partial charge in [0, 0.05) is 18.5 Å². The summed E-state index contributed by atoms with van der Waals surface area (Å²) in [5.74, 6) is 0.139. The summed E-state index contributed by atoms with van der Waals surface area (Å²) in [4.78, 5) is 13.6. The summed E-state index contributed by atoms with van der Waals surface area (Å²) in [6.45, 7) is 7.56. The average Bonchev–Trinajstić information content (AvgIpc) is 2.82. The van der Waals surface area contributed by atoms with Crippen LogP contribution in [0.1, 0.15) is 33.6 Å². The minimum Gasteiger partial charge on any atom is -0.444 e. The number of nitrogens with zero attached hydrogens (tertiary/aromatic N) is 1. The number of carbonyl (C=O) groups is 1. The van der Waals surface area contributed by atoms with Gasteiger partial charge >= 0.3 is 6.09 Å². The molecule has 0 radical (unpaired) electrons. The lowest BCUT2D eigenvalue weighted by Gasteiger charge is -2.25. The van der Waals surface area contributed by atoms with Crippen molar-refractivity contribution in [1.29, 1.82) is 0 Å². The zero-order chi connectivity index (χ0) is 13.3. The van der Waals surface area contributed by atoms with Crippen LogP contribution in [-0.2, 0) is 4.74 Å². The molecule has 2 heterocycles. The van der Waals surface area contributed by atoms with Gasteiger partial charge in [0.25, 0.3) is 0 Å². The van der Waals surface area contributed by atoms with Crippen LogP contribution in [0.5, 0.6) is 0 Å². The van der Waals surface area contributed by atoms with E-state index in [1.54, 1.807) is 4.90 Å². The van der Waals surface area contributed by atoms with Gasteiger partial charge in [0.05, 0.1) is 12.6 Å². The Morgan fingerprint density at radius 3 is 2.67 bits per heavy atom. The van der Waals surface area contributed by atoms with Crippen molar-refractivity contribution in [2.75, 3.05) is 19.6 Å². The van der Waals surface area contributed by atoms with Crippen LogP contribution in [0.15, 0.2) is 0 Å². The number of rotatable bonds is 1. The molecule has 2 rings (SSSR count). The van der Waals surface area contributed by atoms with Crippen LogP contribution in [0.25, 0.3) is 0 Å². The Balaban J connectivity index is 1.91. The van der Waals surface area contributed by atoms with Crippen LogP contribution in [-0.4, -0.2) is 53.5 Å². The van der Waals surface area contributed by atoms with E-state index in [1.807, 2.05) is 20.8 Å². The summed E-state index contributed by atoms with van der Waals surface area (Å²) < 4.78 is 5.34. The van der Waals surface area contributed by atoms with E-state index in [0.717, 1.165) is 19.4 Å². The molecule has 2 aliphatic rings. The topological polar surface area (TPSA) is 61.8 Å². The van der Waals surface area contributed by atoms with Crippen molar-refractivity contribution in [3.63, 3.8) is 0 Å². The van der Waals surface area contributed by atoms with Crippen molar-refractivity contribution in [2.24, 2.45) is 5.92 Å². The molecule has 2 saturated heterocycles. The summed E-state index contributed by atoms with van der Waals surface area (Å²) in [6.07, 6.45) is 1.49. The number of hydrogen-bond donors (Lipinski definition) is 2. The van der Waals surface area contributed by atoms with Crippen LogP contribution in [0.2, 0.25) is 0 Å². The van der Waals surface area contributed by atoms with E-state index >= 15 is 0 Å². The van der Waals surface area contributed by atoms with E-state index in [4.69, 9.17) is 4.74 Å². The fraction of sp³-hybridized carbons (Fsp3) is 0.923. The Hall–Kier alpha value is -0.810. The van der Waals surface area contributed by atoms with E-state index in [9.17, 15) is 9.90 Å². The fourth-order valence-corrected chi connectivity index (χ4v) is 2.76. The molecular weight excluding hydrogens is 232 g/mol. The first-order valence-electron chi connectivity index (χ1n) is 6.76. The summed E-state index contributed by atoms with van der Waals surface area (Å²) >= 11 is 0. The molecule has 0 bridgehead atoms. The van der Waals surface area contributed by atoms with Gasteiger partial charge < -0.3 is 20.1 Å². The van der Waals surface area contributed by atoms with Gasteiger partial charge in [0.2, 0.25) is 0 Å². The van der Waals surface area contributed by atoms with Crippen molar-refractivity contribution in [3.8, 4) is 0 Å².